The Labute approximate surface area is 204 Å². The van der Waals surface area contributed by atoms with Gasteiger partial charge in [-0.05, 0) is 86.9 Å². The fraction of sp³-hybridized carbons (Fsp3) is 1.00. The van der Waals surface area contributed by atoms with Crippen LogP contribution in [0, 0.1) is 40.4 Å². The molecule has 2 saturated heterocycles. The minimum absolute atomic E-state index is 0.120. The number of methoxy groups -OCH3 is 1. The van der Waals surface area contributed by atoms with Crippen LogP contribution in [-0.2, 0) is 18.9 Å². The first kappa shape index (κ1) is 22.9. The smallest absolute Gasteiger partial charge is 0.161 e. The lowest BCUT2D eigenvalue weighted by Crippen LogP contribution is -2.65. The molecule has 0 aromatic carbocycles. The predicted molar refractivity (Wildman–Crippen MR) is 125 cm³/mol. The molecule has 34 heavy (non-hydrogen) atoms. The molecule has 6 heteroatoms. The Morgan fingerprint density at radius 3 is 2.59 bits per heavy atom. The molecule has 7 rings (SSSR count). The van der Waals surface area contributed by atoms with Gasteiger partial charge in [0, 0.05) is 18.4 Å². The largest absolute Gasteiger partial charge is 0.393 e. The van der Waals surface area contributed by atoms with Crippen LogP contribution in [0.25, 0.3) is 0 Å². The van der Waals surface area contributed by atoms with Crippen molar-refractivity contribution in [1.29, 1.82) is 0 Å². The van der Waals surface area contributed by atoms with Gasteiger partial charge in [0.2, 0.25) is 0 Å². The van der Waals surface area contributed by atoms with Crippen LogP contribution in [0.3, 0.4) is 0 Å². The van der Waals surface area contributed by atoms with Crippen LogP contribution < -0.4 is 0 Å². The number of fused-ring (bicyclic) bond motifs is 8. The topological polar surface area (TPSA) is 80.7 Å². The van der Waals surface area contributed by atoms with Crippen molar-refractivity contribution in [1.82, 2.24) is 0 Å². The summed E-state index contributed by atoms with van der Waals surface area (Å²) in [6.07, 6.45) is 10.5. The molecule has 6 nitrogen and oxygen atoms in total. The summed E-state index contributed by atoms with van der Waals surface area (Å²) in [4.78, 5) is 0. The summed E-state index contributed by atoms with van der Waals surface area (Å²) in [5.74, 6) is 2.26. The Hall–Kier alpha value is -0.240. The van der Waals surface area contributed by atoms with Gasteiger partial charge in [0.25, 0.3) is 0 Å². The van der Waals surface area contributed by atoms with Gasteiger partial charge in [-0.1, -0.05) is 20.3 Å². The number of aliphatic hydroxyl groups is 2. The van der Waals surface area contributed by atoms with E-state index >= 15 is 0 Å². The van der Waals surface area contributed by atoms with Crippen molar-refractivity contribution in [2.45, 2.75) is 120 Å². The van der Waals surface area contributed by atoms with Crippen LogP contribution in [0.1, 0.15) is 78.1 Å². The highest BCUT2D eigenvalue weighted by Crippen LogP contribution is 2.71. The van der Waals surface area contributed by atoms with E-state index in [4.69, 9.17) is 18.9 Å². The molecule has 7 aliphatic rings. The van der Waals surface area contributed by atoms with Crippen molar-refractivity contribution < 1.29 is 29.2 Å². The number of ether oxygens (including phenoxy) is 4. The summed E-state index contributed by atoms with van der Waals surface area (Å²) in [7, 11) is 1.65. The molecule has 2 aliphatic heterocycles. The number of rotatable bonds is 4. The predicted octanol–water partition coefficient (Wildman–Crippen LogP) is 3.66. The molecule has 0 radical (unpaired) electrons. The maximum absolute atomic E-state index is 11.9. The maximum Gasteiger partial charge on any atom is 0.161 e. The molecule has 7 fully saturated rings. The van der Waals surface area contributed by atoms with Crippen molar-refractivity contribution in [2.24, 2.45) is 40.4 Å². The minimum Gasteiger partial charge on any atom is -0.393 e. The number of hydrogen-bond donors (Lipinski definition) is 2. The van der Waals surface area contributed by atoms with E-state index in [0.717, 1.165) is 38.5 Å². The summed E-state index contributed by atoms with van der Waals surface area (Å²) >= 11 is 0. The van der Waals surface area contributed by atoms with Crippen LogP contribution >= 0.6 is 0 Å². The zero-order chi connectivity index (χ0) is 23.5. The molecule has 2 heterocycles. The zero-order valence-electron chi connectivity index (χ0n) is 21.2. The third-order valence-corrected chi connectivity index (χ3v) is 12.4. The van der Waals surface area contributed by atoms with Gasteiger partial charge in [0.15, 0.2) is 6.29 Å². The molecule has 0 spiro atoms. The Bertz CT molecular complexity index is 817. The first-order valence-corrected chi connectivity index (χ1v) is 14.2. The standard InChI is InChI=1S/C28H44O6/c1-26-10-9-20-21(32-20)11-16(26)7-8-17-18-12-23-28(22(30)14-31-3,27(18,2)13-19(29)24(17)26)34-25(33-23)15-5-4-6-15/h15-25,29-30H,4-14H2,1-3H3/t16?,17-,18?,19?,20?,21?,22?,23+,24?,25+,26-,27-,28?/m0/s1. The summed E-state index contributed by atoms with van der Waals surface area (Å²) in [6, 6.07) is 0. The van der Waals surface area contributed by atoms with E-state index in [1.807, 2.05) is 0 Å². The maximum atomic E-state index is 11.9. The first-order chi connectivity index (χ1) is 16.3. The van der Waals surface area contributed by atoms with E-state index in [1.165, 1.54) is 19.3 Å². The molecule has 0 amide bonds. The van der Waals surface area contributed by atoms with E-state index in [1.54, 1.807) is 7.11 Å². The first-order valence-electron chi connectivity index (χ1n) is 14.2. The average Bonchev–Trinajstić information content (AvgIpc) is 3.34. The van der Waals surface area contributed by atoms with Gasteiger partial charge in [-0.3, -0.25) is 0 Å². The van der Waals surface area contributed by atoms with E-state index in [0.29, 0.717) is 48.2 Å². The van der Waals surface area contributed by atoms with Crippen LogP contribution in [0.2, 0.25) is 0 Å². The molecule has 0 bridgehead atoms. The summed E-state index contributed by atoms with van der Waals surface area (Å²) in [5, 5.41) is 23.5. The monoisotopic (exact) mass is 476 g/mol. The second-order valence-electron chi connectivity index (χ2n) is 13.6. The average molecular weight is 477 g/mol. The Morgan fingerprint density at radius 1 is 1.03 bits per heavy atom. The molecule has 5 saturated carbocycles. The van der Waals surface area contributed by atoms with E-state index in [2.05, 4.69) is 13.8 Å². The van der Waals surface area contributed by atoms with E-state index < -0.39 is 11.7 Å². The van der Waals surface area contributed by atoms with Crippen molar-refractivity contribution in [2.75, 3.05) is 13.7 Å². The van der Waals surface area contributed by atoms with Gasteiger partial charge in [-0.2, -0.15) is 0 Å². The van der Waals surface area contributed by atoms with Crippen LogP contribution in [0.15, 0.2) is 0 Å². The van der Waals surface area contributed by atoms with Gasteiger partial charge >= 0.3 is 0 Å². The summed E-state index contributed by atoms with van der Waals surface area (Å²) < 4.78 is 24.9. The van der Waals surface area contributed by atoms with Gasteiger partial charge in [0.1, 0.15) is 11.7 Å². The molecule has 13 atom stereocenters. The lowest BCUT2D eigenvalue weighted by atomic mass is 9.44. The number of hydrogen-bond acceptors (Lipinski definition) is 6. The Kier molecular flexibility index (Phi) is 5.15. The molecule has 192 valence electrons. The molecular weight excluding hydrogens is 432 g/mol. The zero-order valence-corrected chi connectivity index (χ0v) is 21.2. The van der Waals surface area contributed by atoms with Crippen LogP contribution in [0.5, 0.6) is 0 Å². The number of aliphatic hydroxyl groups excluding tert-OH is 2. The van der Waals surface area contributed by atoms with Gasteiger partial charge in [-0.25, -0.2) is 0 Å². The third kappa shape index (κ3) is 2.85. The highest BCUT2D eigenvalue weighted by molar-refractivity contribution is 5.23. The SMILES string of the molecule is COCC(O)C12O[C@H](C3CCC3)O[C@@H]1CC1[C@@H]3CCC4CC5OC5CC[C@]4(C)C3C(O)C[C@@]12C. The highest BCUT2D eigenvalue weighted by atomic mass is 16.7. The van der Waals surface area contributed by atoms with Crippen molar-refractivity contribution in [3.05, 3.63) is 0 Å². The summed E-state index contributed by atoms with van der Waals surface area (Å²) in [6.45, 7) is 5.02. The van der Waals surface area contributed by atoms with E-state index in [-0.39, 0.29) is 35.9 Å². The third-order valence-electron chi connectivity index (χ3n) is 12.4. The number of epoxide rings is 1. The molecule has 0 aromatic rings. The van der Waals surface area contributed by atoms with Gasteiger partial charge in [-0.15, -0.1) is 0 Å². The molecule has 0 aromatic heterocycles. The molecule has 5 aliphatic carbocycles. The minimum atomic E-state index is -0.795. The van der Waals surface area contributed by atoms with Crippen molar-refractivity contribution in [3.63, 3.8) is 0 Å². The van der Waals surface area contributed by atoms with E-state index in [9.17, 15) is 10.2 Å². The lowest BCUT2D eigenvalue weighted by molar-refractivity contribution is -0.250. The second-order valence-corrected chi connectivity index (χ2v) is 13.6. The van der Waals surface area contributed by atoms with Crippen LogP contribution in [0.4, 0.5) is 0 Å². The second kappa shape index (κ2) is 7.64. The normalized spacial score (nSPS) is 59.0. The van der Waals surface area contributed by atoms with Gasteiger partial charge < -0.3 is 29.2 Å². The van der Waals surface area contributed by atoms with Crippen molar-refractivity contribution >= 4 is 0 Å². The fourth-order valence-corrected chi connectivity index (χ4v) is 10.4. The van der Waals surface area contributed by atoms with Crippen LogP contribution in [-0.4, -0.2) is 66.3 Å². The molecule has 8 unspecified atom stereocenters. The lowest BCUT2D eigenvalue weighted by Gasteiger charge is -2.62. The molecular formula is C28H44O6. The summed E-state index contributed by atoms with van der Waals surface area (Å²) in [5.41, 5.74) is -0.947. The Balaban J connectivity index is 1.24. The Morgan fingerprint density at radius 2 is 1.85 bits per heavy atom. The van der Waals surface area contributed by atoms with Gasteiger partial charge in [0.05, 0.1) is 31.0 Å². The molecule has 2 N–H and O–H groups in total. The quantitative estimate of drug-likeness (QED) is 0.603. The van der Waals surface area contributed by atoms with Crippen molar-refractivity contribution in [3.8, 4) is 0 Å². The highest BCUT2D eigenvalue weighted by Gasteiger charge is 2.76. The fourth-order valence-electron chi connectivity index (χ4n) is 10.4.